The van der Waals surface area contributed by atoms with Crippen molar-refractivity contribution in [2.45, 2.75) is 25.5 Å². The normalized spacial score (nSPS) is 17.0. The van der Waals surface area contributed by atoms with Crippen LogP contribution in [0.15, 0.2) is 18.2 Å². The van der Waals surface area contributed by atoms with Crippen molar-refractivity contribution in [2.75, 3.05) is 26.2 Å². The number of sulfonamides is 1. The van der Waals surface area contributed by atoms with E-state index in [1.807, 2.05) is 0 Å². The van der Waals surface area contributed by atoms with Crippen molar-refractivity contribution in [2.24, 2.45) is 5.92 Å². The highest BCUT2D eigenvalue weighted by molar-refractivity contribution is 7.88. The number of nitrogens with zero attached hydrogens (tertiary/aromatic N) is 1. The average molecular weight is 402 g/mol. The lowest BCUT2D eigenvalue weighted by atomic mass is 9.98. The summed E-state index contributed by atoms with van der Waals surface area (Å²) >= 11 is 12.2. The molecule has 1 fully saturated rings. The van der Waals surface area contributed by atoms with E-state index in [4.69, 9.17) is 23.2 Å². The fourth-order valence-electron chi connectivity index (χ4n) is 2.68. The molecule has 0 atom stereocenters. The number of hydrogen-bond donors (Lipinski definition) is 1. The Morgan fingerprint density at radius 1 is 1.22 bits per heavy atom. The molecule has 0 saturated carbocycles. The minimum absolute atomic E-state index is 0. The van der Waals surface area contributed by atoms with Crippen LogP contribution in [0.4, 0.5) is 0 Å². The highest BCUT2D eigenvalue weighted by Gasteiger charge is 2.29. The van der Waals surface area contributed by atoms with Crippen molar-refractivity contribution in [3.05, 3.63) is 33.8 Å². The van der Waals surface area contributed by atoms with Gasteiger partial charge in [0, 0.05) is 28.7 Å². The Labute approximate surface area is 155 Å². The quantitative estimate of drug-likeness (QED) is 0.793. The Hall–Kier alpha value is -0.0400. The van der Waals surface area contributed by atoms with Crippen LogP contribution in [0.2, 0.25) is 10.0 Å². The summed E-state index contributed by atoms with van der Waals surface area (Å²) in [5.74, 6) is 0.416. The van der Waals surface area contributed by atoms with Crippen LogP contribution in [0, 0.1) is 5.92 Å². The van der Waals surface area contributed by atoms with E-state index in [0.717, 1.165) is 25.9 Å². The SMILES string of the molecule is CCNCC1CCN(S(=O)(=O)Cc2c(Cl)cccc2Cl)CC1.Cl. The molecule has 2 rings (SSSR count). The van der Waals surface area contributed by atoms with Crippen molar-refractivity contribution < 1.29 is 8.42 Å². The summed E-state index contributed by atoms with van der Waals surface area (Å²) in [6.07, 6.45) is 1.78. The molecule has 1 saturated heterocycles. The standard InChI is InChI=1S/C15H22Cl2N2O2S.ClH/c1-2-18-10-12-6-8-19(9-7-12)22(20,21)11-13-14(16)4-3-5-15(13)17;/h3-5,12,18H,2,6-11H2,1H3;1H. The largest absolute Gasteiger partial charge is 0.317 e. The Bertz CT molecular complexity index is 582. The van der Waals surface area contributed by atoms with Gasteiger partial charge in [-0.15, -0.1) is 12.4 Å². The molecule has 132 valence electrons. The van der Waals surface area contributed by atoms with E-state index in [0.29, 0.717) is 34.6 Å². The lowest BCUT2D eigenvalue weighted by Gasteiger charge is -2.31. The Morgan fingerprint density at radius 2 is 1.78 bits per heavy atom. The van der Waals surface area contributed by atoms with E-state index >= 15 is 0 Å². The summed E-state index contributed by atoms with van der Waals surface area (Å²) in [6.45, 7) is 5.12. The predicted octanol–water partition coefficient (Wildman–Crippen LogP) is 3.57. The summed E-state index contributed by atoms with van der Waals surface area (Å²) in [4.78, 5) is 0. The second-order valence-corrected chi connectivity index (χ2v) is 8.39. The van der Waals surface area contributed by atoms with Gasteiger partial charge < -0.3 is 5.32 Å². The Morgan fingerprint density at radius 3 is 2.30 bits per heavy atom. The smallest absolute Gasteiger partial charge is 0.218 e. The first-order valence-corrected chi connectivity index (χ1v) is 9.92. The highest BCUT2D eigenvalue weighted by Crippen LogP contribution is 2.28. The molecule has 1 heterocycles. The molecular formula is C15H23Cl3N2O2S. The van der Waals surface area contributed by atoms with Gasteiger partial charge in [-0.2, -0.15) is 0 Å². The average Bonchev–Trinajstić information content (AvgIpc) is 2.49. The van der Waals surface area contributed by atoms with Gasteiger partial charge in [-0.05, 0) is 44.0 Å². The molecule has 0 aliphatic carbocycles. The van der Waals surface area contributed by atoms with Gasteiger partial charge in [0.1, 0.15) is 0 Å². The maximum Gasteiger partial charge on any atom is 0.218 e. The molecule has 1 aromatic carbocycles. The van der Waals surface area contributed by atoms with Gasteiger partial charge >= 0.3 is 0 Å². The molecule has 4 nitrogen and oxygen atoms in total. The van der Waals surface area contributed by atoms with E-state index in [1.165, 1.54) is 0 Å². The lowest BCUT2D eigenvalue weighted by molar-refractivity contribution is 0.268. The van der Waals surface area contributed by atoms with E-state index in [-0.39, 0.29) is 18.2 Å². The molecule has 1 aliphatic rings. The van der Waals surface area contributed by atoms with Crippen LogP contribution in [-0.2, 0) is 15.8 Å². The van der Waals surface area contributed by atoms with Crippen molar-refractivity contribution >= 4 is 45.6 Å². The molecule has 1 aliphatic heterocycles. The van der Waals surface area contributed by atoms with Gasteiger partial charge in [0.15, 0.2) is 0 Å². The van der Waals surface area contributed by atoms with Crippen molar-refractivity contribution in [3.8, 4) is 0 Å². The van der Waals surface area contributed by atoms with Gasteiger partial charge in [0.2, 0.25) is 10.0 Å². The molecule has 1 aromatic rings. The Kier molecular flexibility index (Phi) is 8.63. The van der Waals surface area contributed by atoms with E-state index < -0.39 is 10.0 Å². The van der Waals surface area contributed by atoms with Crippen LogP contribution in [0.25, 0.3) is 0 Å². The van der Waals surface area contributed by atoms with Crippen molar-refractivity contribution in [3.63, 3.8) is 0 Å². The molecule has 8 heteroatoms. The first-order chi connectivity index (χ1) is 10.4. The highest BCUT2D eigenvalue weighted by atomic mass is 35.5. The minimum atomic E-state index is -3.38. The molecule has 0 spiro atoms. The zero-order chi connectivity index (χ0) is 16.2. The molecule has 0 bridgehead atoms. The second-order valence-electron chi connectivity index (χ2n) is 5.61. The summed E-state index contributed by atoms with van der Waals surface area (Å²) in [6, 6.07) is 5.05. The number of halogens is 3. The first-order valence-electron chi connectivity index (χ1n) is 7.55. The molecule has 0 radical (unpaired) electrons. The monoisotopic (exact) mass is 400 g/mol. The van der Waals surface area contributed by atoms with E-state index in [9.17, 15) is 8.42 Å². The van der Waals surface area contributed by atoms with Crippen LogP contribution in [0.5, 0.6) is 0 Å². The Balaban J connectivity index is 0.00000264. The molecule has 0 aromatic heterocycles. The number of hydrogen-bond acceptors (Lipinski definition) is 3. The second kappa shape index (κ2) is 9.44. The maximum atomic E-state index is 12.6. The lowest BCUT2D eigenvalue weighted by Crippen LogP contribution is -2.41. The molecular weight excluding hydrogens is 379 g/mol. The molecule has 23 heavy (non-hydrogen) atoms. The summed E-state index contributed by atoms with van der Waals surface area (Å²) in [5, 5.41) is 4.13. The third-order valence-corrected chi connectivity index (χ3v) is 6.55. The topological polar surface area (TPSA) is 49.4 Å². The summed E-state index contributed by atoms with van der Waals surface area (Å²) in [7, 11) is -3.38. The molecule has 1 N–H and O–H groups in total. The van der Waals surface area contributed by atoms with Gasteiger partial charge in [-0.3, -0.25) is 0 Å². The molecule has 0 unspecified atom stereocenters. The summed E-state index contributed by atoms with van der Waals surface area (Å²) in [5.41, 5.74) is 0.487. The van der Waals surface area contributed by atoms with Gasteiger partial charge in [-0.1, -0.05) is 36.2 Å². The minimum Gasteiger partial charge on any atom is -0.317 e. The van der Waals surface area contributed by atoms with Crippen molar-refractivity contribution in [1.82, 2.24) is 9.62 Å². The third-order valence-electron chi connectivity index (χ3n) is 4.04. The van der Waals surface area contributed by atoms with Gasteiger partial charge in [0.05, 0.1) is 5.75 Å². The molecule has 0 amide bonds. The van der Waals surface area contributed by atoms with Crippen LogP contribution < -0.4 is 5.32 Å². The predicted molar refractivity (Wildman–Crippen MR) is 99.2 cm³/mol. The fraction of sp³-hybridized carbons (Fsp3) is 0.600. The zero-order valence-electron chi connectivity index (χ0n) is 13.1. The number of rotatable bonds is 6. The zero-order valence-corrected chi connectivity index (χ0v) is 16.2. The number of piperidine rings is 1. The number of nitrogens with one attached hydrogen (secondary N) is 1. The maximum absolute atomic E-state index is 12.6. The first kappa shape index (κ1) is 21.0. The number of benzene rings is 1. The fourth-order valence-corrected chi connectivity index (χ4v) is 5.00. The third kappa shape index (κ3) is 5.76. The van der Waals surface area contributed by atoms with Gasteiger partial charge in [0.25, 0.3) is 0 Å². The van der Waals surface area contributed by atoms with Crippen LogP contribution in [-0.4, -0.2) is 38.9 Å². The van der Waals surface area contributed by atoms with Crippen LogP contribution in [0.3, 0.4) is 0 Å². The van der Waals surface area contributed by atoms with Crippen LogP contribution >= 0.6 is 35.6 Å². The van der Waals surface area contributed by atoms with E-state index in [1.54, 1.807) is 22.5 Å². The van der Waals surface area contributed by atoms with Gasteiger partial charge in [-0.25, -0.2) is 12.7 Å². The summed E-state index contributed by atoms with van der Waals surface area (Å²) < 4.78 is 26.7. The van der Waals surface area contributed by atoms with Crippen LogP contribution in [0.1, 0.15) is 25.3 Å². The van der Waals surface area contributed by atoms with Crippen molar-refractivity contribution in [1.29, 1.82) is 0 Å². The van der Waals surface area contributed by atoms with E-state index in [2.05, 4.69) is 12.2 Å².